The molecule has 1 aromatic heterocycles. The van der Waals surface area contributed by atoms with E-state index in [0.29, 0.717) is 11.0 Å². The number of hydrogen-bond acceptors (Lipinski definition) is 2. The molecular formula is C21H24F2N4O. The Morgan fingerprint density at radius 3 is 2.43 bits per heavy atom. The molecule has 0 saturated carbocycles. The van der Waals surface area contributed by atoms with E-state index in [1.165, 1.54) is 0 Å². The molecule has 2 atom stereocenters. The van der Waals surface area contributed by atoms with Gasteiger partial charge in [-0.15, -0.1) is 0 Å². The zero-order valence-electron chi connectivity index (χ0n) is 15.9. The van der Waals surface area contributed by atoms with E-state index in [2.05, 4.69) is 15.6 Å². The van der Waals surface area contributed by atoms with Crippen LogP contribution in [0.4, 0.5) is 13.6 Å². The maximum Gasteiger partial charge on any atom is 0.320 e. The van der Waals surface area contributed by atoms with Crippen LogP contribution in [0.25, 0.3) is 11.0 Å². The molecule has 0 fully saturated rings. The largest absolute Gasteiger partial charge is 0.331 e. The van der Waals surface area contributed by atoms with Gasteiger partial charge >= 0.3 is 12.6 Å². The summed E-state index contributed by atoms with van der Waals surface area (Å²) in [6.07, 6.45) is 1.68. The van der Waals surface area contributed by atoms with Gasteiger partial charge in [-0.1, -0.05) is 55.8 Å². The maximum absolute atomic E-state index is 13.6. The normalized spacial score (nSPS) is 13.5. The second-order valence-corrected chi connectivity index (χ2v) is 6.70. The van der Waals surface area contributed by atoms with Gasteiger partial charge < -0.3 is 10.6 Å². The van der Waals surface area contributed by atoms with Crippen molar-refractivity contribution in [2.24, 2.45) is 0 Å². The Balaban J connectivity index is 1.77. The monoisotopic (exact) mass is 386 g/mol. The number of nitrogens with zero attached hydrogens (tertiary/aromatic N) is 2. The number of imidazole rings is 1. The molecular weight excluding hydrogens is 362 g/mol. The van der Waals surface area contributed by atoms with Gasteiger partial charge in [0.15, 0.2) is 0 Å². The third-order valence-electron chi connectivity index (χ3n) is 4.64. The van der Waals surface area contributed by atoms with Crippen molar-refractivity contribution in [2.75, 3.05) is 0 Å². The highest BCUT2D eigenvalue weighted by atomic mass is 19.3. The Bertz CT molecular complexity index is 927. The molecule has 1 heterocycles. The molecule has 0 aliphatic carbocycles. The molecule has 2 N–H and O–H groups in total. The van der Waals surface area contributed by atoms with E-state index in [1.807, 2.05) is 37.3 Å². The van der Waals surface area contributed by atoms with E-state index in [9.17, 15) is 13.6 Å². The summed E-state index contributed by atoms with van der Waals surface area (Å²) >= 11 is 0. The zero-order valence-corrected chi connectivity index (χ0v) is 15.9. The minimum Gasteiger partial charge on any atom is -0.331 e. The van der Waals surface area contributed by atoms with E-state index < -0.39 is 18.6 Å². The van der Waals surface area contributed by atoms with Crippen LogP contribution in [0.5, 0.6) is 0 Å². The molecule has 0 bridgehead atoms. The predicted molar refractivity (Wildman–Crippen MR) is 105 cm³/mol. The van der Waals surface area contributed by atoms with Crippen molar-refractivity contribution in [3.63, 3.8) is 0 Å². The lowest BCUT2D eigenvalue weighted by atomic mass is 10.0. The summed E-state index contributed by atoms with van der Waals surface area (Å²) in [6, 6.07) is 15.1. The summed E-state index contributed by atoms with van der Waals surface area (Å²) in [5.74, 6) is 0.123. The second-order valence-electron chi connectivity index (χ2n) is 6.70. The van der Waals surface area contributed by atoms with Crippen molar-refractivity contribution >= 4 is 17.1 Å². The van der Waals surface area contributed by atoms with Crippen LogP contribution in [0, 0.1) is 0 Å². The van der Waals surface area contributed by atoms with Crippen LogP contribution in [-0.4, -0.2) is 15.6 Å². The number of para-hydroxylation sites is 2. The molecule has 0 aliphatic rings. The fourth-order valence-electron chi connectivity index (χ4n) is 3.33. The second kappa shape index (κ2) is 8.82. The molecule has 5 nitrogen and oxygen atoms in total. The quantitative estimate of drug-likeness (QED) is 0.576. The first kappa shape index (κ1) is 19.8. The van der Waals surface area contributed by atoms with E-state index in [-0.39, 0.29) is 11.9 Å². The van der Waals surface area contributed by atoms with Crippen LogP contribution in [-0.2, 0) is 0 Å². The molecule has 0 saturated heterocycles. The summed E-state index contributed by atoms with van der Waals surface area (Å²) < 4.78 is 28.1. The van der Waals surface area contributed by atoms with Crippen molar-refractivity contribution in [1.82, 2.24) is 20.2 Å². The summed E-state index contributed by atoms with van der Waals surface area (Å²) in [5, 5.41) is 5.69. The first-order valence-corrected chi connectivity index (χ1v) is 9.38. The van der Waals surface area contributed by atoms with E-state index >= 15 is 0 Å². The van der Waals surface area contributed by atoms with E-state index in [4.69, 9.17) is 0 Å². The standard InChI is InChI=1S/C21H24F2N4O/c1-3-9-16(15-10-5-4-6-11-15)26-21(28)24-14(2)19-25-17-12-7-8-13-18(17)27(19)20(22)23/h4-8,10-14,16,20H,3,9H2,1-2H3,(H2,24,26,28)/t14-,16-/m0/s1. The third-order valence-corrected chi connectivity index (χ3v) is 4.64. The van der Waals surface area contributed by atoms with E-state index in [1.54, 1.807) is 31.2 Å². The van der Waals surface area contributed by atoms with Gasteiger partial charge in [-0.2, -0.15) is 8.78 Å². The lowest BCUT2D eigenvalue weighted by molar-refractivity contribution is 0.0699. The highest BCUT2D eigenvalue weighted by Crippen LogP contribution is 2.26. The minimum absolute atomic E-state index is 0.123. The highest BCUT2D eigenvalue weighted by Gasteiger charge is 2.23. The van der Waals surface area contributed by atoms with Gasteiger partial charge in [-0.3, -0.25) is 4.57 Å². The molecule has 0 unspecified atom stereocenters. The Labute approximate surface area is 162 Å². The molecule has 3 rings (SSSR count). The summed E-state index contributed by atoms with van der Waals surface area (Å²) in [7, 11) is 0. The molecule has 0 spiro atoms. The van der Waals surface area contributed by atoms with Crippen LogP contribution < -0.4 is 10.6 Å². The van der Waals surface area contributed by atoms with Crippen molar-refractivity contribution < 1.29 is 13.6 Å². The Morgan fingerprint density at radius 1 is 1.07 bits per heavy atom. The van der Waals surface area contributed by atoms with Gasteiger partial charge in [0.05, 0.1) is 23.1 Å². The Kier molecular flexibility index (Phi) is 6.23. The Hall–Kier alpha value is -2.96. The number of hydrogen-bond donors (Lipinski definition) is 2. The average molecular weight is 386 g/mol. The number of halogens is 2. The van der Waals surface area contributed by atoms with Crippen molar-refractivity contribution in [3.8, 4) is 0 Å². The number of nitrogens with one attached hydrogen (secondary N) is 2. The number of fused-ring (bicyclic) bond motifs is 1. The van der Waals surface area contributed by atoms with Crippen LogP contribution >= 0.6 is 0 Å². The van der Waals surface area contributed by atoms with Gasteiger partial charge in [0, 0.05) is 0 Å². The van der Waals surface area contributed by atoms with Gasteiger partial charge in [0.1, 0.15) is 5.82 Å². The van der Waals surface area contributed by atoms with Gasteiger partial charge in [0.25, 0.3) is 0 Å². The number of benzene rings is 2. The molecule has 148 valence electrons. The predicted octanol–water partition coefficient (Wildman–Crippen LogP) is 5.33. The van der Waals surface area contributed by atoms with Crippen LogP contribution in [0.15, 0.2) is 54.6 Å². The fourth-order valence-corrected chi connectivity index (χ4v) is 3.33. The molecule has 0 aliphatic heterocycles. The van der Waals surface area contributed by atoms with Gasteiger partial charge in [-0.25, -0.2) is 9.78 Å². The topological polar surface area (TPSA) is 59.0 Å². The van der Waals surface area contributed by atoms with Gasteiger partial charge in [0.2, 0.25) is 0 Å². The summed E-state index contributed by atoms with van der Waals surface area (Å²) in [6.45, 7) is 0.951. The first-order valence-electron chi connectivity index (χ1n) is 9.38. The van der Waals surface area contributed by atoms with Crippen LogP contribution in [0.3, 0.4) is 0 Å². The lowest BCUT2D eigenvalue weighted by Crippen LogP contribution is -2.40. The number of alkyl halides is 2. The molecule has 28 heavy (non-hydrogen) atoms. The lowest BCUT2D eigenvalue weighted by Gasteiger charge is -2.21. The molecule has 0 radical (unpaired) electrons. The van der Waals surface area contributed by atoms with Crippen molar-refractivity contribution in [2.45, 2.75) is 45.3 Å². The molecule has 3 aromatic rings. The summed E-state index contributed by atoms with van der Waals surface area (Å²) in [4.78, 5) is 16.8. The molecule has 2 aromatic carbocycles. The SMILES string of the molecule is CCC[C@H](NC(=O)N[C@@H](C)c1nc2ccccc2n1C(F)F)c1ccccc1. The number of aromatic nitrogens is 2. The van der Waals surface area contributed by atoms with Crippen molar-refractivity contribution in [1.29, 1.82) is 0 Å². The number of carbonyl (C=O) groups excluding carboxylic acids is 1. The first-order chi connectivity index (χ1) is 13.5. The third kappa shape index (κ3) is 4.30. The molecule has 7 heteroatoms. The molecule has 2 amide bonds. The highest BCUT2D eigenvalue weighted by molar-refractivity contribution is 5.77. The number of carbonyl (C=O) groups is 1. The van der Waals surface area contributed by atoms with Crippen LogP contribution in [0.1, 0.15) is 56.7 Å². The number of amides is 2. The number of urea groups is 1. The maximum atomic E-state index is 13.6. The van der Waals surface area contributed by atoms with Crippen molar-refractivity contribution in [3.05, 3.63) is 66.0 Å². The number of rotatable bonds is 7. The summed E-state index contributed by atoms with van der Waals surface area (Å²) in [5.41, 5.74) is 1.82. The van der Waals surface area contributed by atoms with E-state index in [0.717, 1.165) is 23.0 Å². The van der Waals surface area contributed by atoms with Crippen LogP contribution in [0.2, 0.25) is 0 Å². The smallest absolute Gasteiger partial charge is 0.320 e. The van der Waals surface area contributed by atoms with Gasteiger partial charge in [-0.05, 0) is 31.0 Å². The minimum atomic E-state index is -2.74. The fraction of sp³-hybridized carbons (Fsp3) is 0.333. The average Bonchev–Trinajstić information content (AvgIpc) is 3.08. The zero-order chi connectivity index (χ0) is 20.1. The Morgan fingerprint density at radius 2 is 1.75 bits per heavy atom.